The fourth-order valence-electron chi connectivity index (χ4n) is 6.08. The number of hydrogen-bond acceptors (Lipinski definition) is 5. The zero-order valence-electron chi connectivity index (χ0n) is 18.0. The van der Waals surface area contributed by atoms with Gasteiger partial charge in [-0.05, 0) is 51.5 Å². The number of aromatic nitrogens is 2. The Kier molecular flexibility index (Phi) is 4.75. The molecule has 2 aliphatic carbocycles. The van der Waals surface area contributed by atoms with Crippen LogP contribution in [0.15, 0.2) is 29.1 Å². The van der Waals surface area contributed by atoms with E-state index in [0.29, 0.717) is 12.6 Å². The molecule has 1 aliphatic heterocycles. The first-order valence-corrected chi connectivity index (χ1v) is 11.3. The van der Waals surface area contributed by atoms with Crippen molar-refractivity contribution in [2.45, 2.75) is 82.3 Å². The summed E-state index contributed by atoms with van der Waals surface area (Å²) >= 11 is 0. The summed E-state index contributed by atoms with van der Waals surface area (Å²) < 4.78 is 7.75. The third-order valence-electron chi connectivity index (χ3n) is 7.42. The van der Waals surface area contributed by atoms with E-state index in [1.807, 2.05) is 10.6 Å². The zero-order chi connectivity index (χ0) is 20.9. The van der Waals surface area contributed by atoms with Gasteiger partial charge in [-0.1, -0.05) is 43.5 Å². The molecular formula is C24H32N4O2. The van der Waals surface area contributed by atoms with Crippen molar-refractivity contribution in [3.8, 4) is 11.3 Å². The monoisotopic (exact) mass is 408 g/mol. The van der Waals surface area contributed by atoms with E-state index in [4.69, 9.17) is 15.6 Å². The minimum absolute atomic E-state index is 0.0305. The van der Waals surface area contributed by atoms with Crippen molar-refractivity contribution in [3.63, 3.8) is 0 Å². The molecule has 2 fully saturated rings. The van der Waals surface area contributed by atoms with E-state index >= 15 is 0 Å². The second-order valence-electron chi connectivity index (χ2n) is 9.91. The Morgan fingerprint density at radius 3 is 2.70 bits per heavy atom. The molecule has 0 bridgehead atoms. The largest absolute Gasteiger partial charge is 0.375 e. The quantitative estimate of drug-likeness (QED) is 0.578. The molecule has 0 amide bonds. The van der Waals surface area contributed by atoms with Crippen LogP contribution in [0.4, 0.5) is 5.95 Å². The van der Waals surface area contributed by atoms with Crippen molar-refractivity contribution in [1.82, 2.24) is 9.55 Å². The molecule has 160 valence electrons. The molecule has 30 heavy (non-hydrogen) atoms. The van der Waals surface area contributed by atoms with Gasteiger partial charge in [0, 0.05) is 23.6 Å². The summed E-state index contributed by atoms with van der Waals surface area (Å²) in [5, 5.41) is 0. The molecule has 1 aromatic heterocycles. The number of hydrogen-bond donors (Lipinski definition) is 2. The molecular weight excluding hydrogens is 376 g/mol. The van der Waals surface area contributed by atoms with Crippen molar-refractivity contribution in [1.29, 1.82) is 0 Å². The molecule has 1 atom stereocenters. The Morgan fingerprint density at radius 1 is 1.20 bits per heavy atom. The number of ether oxygens (including phenoxy) is 1. The standard InChI is InChI=1S/C24H32N4O2/c1-23(2)15-17(10-13-30-23)28-21(29)19-20(26-22(28)27-25)18-9-5-4-8-16(18)14-24(19)11-6-3-7-12-24/h4-5,8-9,17H,3,6-7,10-15,25H2,1-2H3,(H,26,27)/t17-/m1/s1. The first-order valence-electron chi connectivity index (χ1n) is 11.3. The van der Waals surface area contributed by atoms with Gasteiger partial charge in [-0.3, -0.25) is 14.8 Å². The molecule has 0 unspecified atom stereocenters. The first kappa shape index (κ1) is 19.8. The highest BCUT2D eigenvalue weighted by atomic mass is 16.5. The van der Waals surface area contributed by atoms with Gasteiger partial charge in [-0.2, -0.15) is 0 Å². The molecule has 6 heteroatoms. The number of nitrogens with zero attached hydrogens (tertiary/aromatic N) is 2. The molecule has 5 rings (SSSR count). The lowest BCUT2D eigenvalue weighted by molar-refractivity contribution is -0.0694. The molecule has 3 aliphatic rings. The average molecular weight is 409 g/mol. The third kappa shape index (κ3) is 3.08. The lowest BCUT2D eigenvalue weighted by atomic mass is 9.62. The maximum absolute atomic E-state index is 14.2. The first-order chi connectivity index (χ1) is 14.4. The number of rotatable bonds is 2. The minimum Gasteiger partial charge on any atom is -0.375 e. The van der Waals surface area contributed by atoms with Crippen molar-refractivity contribution >= 4 is 5.95 Å². The summed E-state index contributed by atoms with van der Waals surface area (Å²) in [5.74, 6) is 6.38. The zero-order valence-corrected chi connectivity index (χ0v) is 18.0. The Bertz CT molecular complexity index is 1020. The van der Waals surface area contributed by atoms with Gasteiger partial charge >= 0.3 is 0 Å². The van der Waals surface area contributed by atoms with Crippen LogP contribution in [-0.4, -0.2) is 21.8 Å². The summed E-state index contributed by atoms with van der Waals surface area (Å²) in [5.41, 5.74) is 6.59. The maximum Gasteiger partial charge on any atom is 0.259 e. The van der Waals surface area contributed by atoms with E-state index in [-0.39, 0.29) is 22.6 Å². The van der Waals surface area contributed by atoms with Crippen LogP contribution in [-0.2, 0) is 16.6 Å². The smallest absolute Gasteiger partial charge is 0.259 e. The van der Waals surface area contributed by atoms with Crippen LogP contribution < -0.4 is 16.8 Å². The number of benzene rings is 1. The van der Waals surface area contributed by atoms with Gasteiger partial charge in [0.15, 0.2) is 0 Å². The lowest BCUT2D eigenvalue weighted by Gasteiger charge is -2.43. The summed E-state index contributed by atoms with van der Waals surface area (Å²) in [4.78, 5) is 19.2. The van der Waals surface area contributed by atoms with Gasteiger partial charge in [-0.25, -0.2) is 10.8 Å². The third-order valence-corrected chi connectivity index (χ3v) is 7.42. The molecule has 1 saturated carbocycles. The Balaban J connectivity index is 1.75. The summed E-state index contributed by atoms with van der Waals surface area (Å²) in [6.45, 7) is 4.81. The minimum atomic E-state index is -0.265. The number of nitrogens with two attached hydrogens (primary N) is 1. The second-order valence-corrected chi connectivity index (χ2v) is 9.91. The fourth-order valence-corrected chi connectivity index (χ4v) is 6.08. The number of fused-ring (bicyclic) bond motifs is 4. The van der Waals surface area contributed by atoms with Crippen LogP contribution in [0, 0.1) is 0 Å². The SMILES string of the molecule is CC1(C)C[C@H](n2c(NN)nc3c(c2=O)C2(CCCCC2)Cc2ccccc2-3)CCO1. The van der Waals surface area contributed by atoms with Crippen LogP contribution in [0.25, 0.3) is 11.3 Å². The summed E-state index contributed by atoms with van der Waals surface area (Å²) in [6.07, 6.45) is 8.19. The molecule has 1 aromatic carbocycles. The topological polar surface area (TPSA) is 82.2 Å². The number of nitrogen functional groups attached to an aromatic ring is 1. The molecule has 2 aromatic rings. The molecule has 0 radical (unpaired) electrons. The van der Waals surface area contributed by atoms with Crippen LogP contribution >= 0.6 is 0 Å². The van der Waals surface area contributed by atoms with Crippen LogP contribution in [0.2, 0.25) is 0 Å². The molecule has 2 heterocycles. The molecule has 1 saturated heterocycles. The van der Waals surface area contributed by atoms with Gasteiger partial charge in [0.1, 0.15) is 0 Å². The summed E-state index contributed by atoms with van der Waals surface area (Å²) in [6, 6.07) is 8.44. The highest BCUT2D eigenvalue weighted by Gasteiger charge is 2.44. The predicted octanol–water partition coefficient (Wildman–Crippen LogP) is 4.08. The van der Waals surface area contributed by atoms with Gasteiger partial charge < -0.3 is 4.74 Å². The van der Waals surface area contributed by atoms with Crippen molar-refractivity contribution in [3.05, 3.63) is 45.7 Å². The van der Waals surface area contributed by atoms with E-state index in [9.17, 15) is 4.79 Å². The lowest BCUT2D eigenvalue weighted by Crippen LogP contribution is -2.46. The van der Waals surface area contributed by atoms with Crippen LogP contribution in [0.5, 0.6) is 0 Å². The van der Waals surface area contributed by atoms with E-state index < -0.39 is 0 Å². The van der Waals surface area contributed by atoms with Crippen molar-refractivity contribution in [2.75, 3.05) is 12.0 Å². The Morgan fingerprint density at radius 2 is 1.97 bits per heavy atom. The van der Waals surface area contributed by atoms with Crippen molar-refractivity contribution < 1.29 is 4.74 Å². The highest BCUT2D eigenvalue weighted by molar-refractivity contribution is 5.72. The predicted molar refractivity (Wildman–Crippen MR) is 119 cm³/mol. The maximum atomic E-state index is 14.2. The van der Waals surface area contributed by atoms with Gasteiger partial charge in [0.25, 0.3) is 5.56 Å². The fraction of sp³-hybridized carbons (Fsp3) is 0.583. The summed E-state index contributed by atoms with van der Waals surface area (Å²) in [7, 11) is 0. The Labute approximate surface area is 177 Å². The Hall–Kier alpha value is -2.18. The van der Waals surface area contributed by atoms with Gasteiger partial charge in [0.05, 0.1) is 16.9 Å². The second kappa shape index (κ2) is 7.20. The average Bonchev–Trinajstić information content (AvgIpc) is 2.73. The number of anilines is 1. The van der Waals surface area contributed by atoms with E-state index in [1.54, 1.807) is 0 Å². The molecule has 1 spiro atoms. The number of nitrogens with one attached hydrogen (secondary N) is 1. The van der Waals surface area contributed by atoms with E-state index in [2.05, 4.69) is 37.5 Å². The van der Waals surface area contributed by atoms with E-state index in [0.717, 1.165) is 48.9 Å². The van der Waals surface area contributed by atoms with Gasteiger partial charge in [-0.15, -0.1) is 0 Å². The number of hydrazine groups is 1. The van der Waals surface area contributed by atoms with Crippen LogP contribution in [0.1, 0.15) is 76.0 Å². The van der Waals surface area contributed by atoms with Crippen molar-refractivity contribution in [2.24, 2.45) is 5.84 Å². The van der Waals surface area contributed by atoms with Gasteiger partial charge in [0.2, 0.25) is 5.95 Å². The van der Waals surface area contributed by atoms with E-state index in [1.165, 1.54) is 24.8 Å². The molecule has 6 nitrogen and oxygen atoms in total. The van der Waals surface area contributed by atoms with Crippen LogP contribution in [0.3, 0.4) is 0 Å². The highest BCUT2D eigenvalue weighted by Crippen LogP contribution is 2.49. The normalized spacial score (nSPS) is 24.2. The molecule has 3 N–H and O–H groups in total.